The van der Waals surface area contributed by atoms with Crippen LogP contribution in [0.5, 0.6) is 0 Å². The molecule has 0 aliphatic heterocycles. The van der Waals surface area contributed by atoms with Crippen LogP contribution in [0.15, 0.2) is 52.6 Å². The molecule has 2 N–H and O–H groups in total. The Morgan fingerprint density at radius 2 is 2.24 bits per heavy atom. The van der Waals surface area contributed by atoms with Gasteiger partial charge in [-0.1, -0.05) is 30.4 Å². The monoisotopic (exact) mass is 359 g/mol. The maximum Gasteiger partial charge on any atom is 0.189 e. The number of benzene rings is 1. The number of oxime groups is 1. The molecule has 1 unspecified atom stereocenters. The van der Waals surface area contributed by atoms with Crippen LogP contribution >= 0.6 is 0 Å². The fraction of sp³-hybridized carbons (Fsp3) is 0.333. The molecule has 1 atom stereocenters. The Labute approximate surface area is 146 Å². The molecule has 6 nitrogen and oxygen atoms in total. The number of H-pyrrole nitrogens is 1. The highest BCUT2D eigenvalue weighted by molar-refractivity contribution is 7.93. The highest BCUT2D eigenvalue weighted by atomic mass is 32.2. The van der Waals surface area contributed by atoms with Crippen LogP contribution in [-0.2, 0) is 16.3 Å². The molecule has 0 bridgehead atoms. The van der Waals surface area contributed by atoms with Crippen molar-refractivity contribution in [3.05, 3.63) is 48.3 Å². The quantitative estimate of drug-likeness (QED) is 0.358. The molecule has 1 aliphatic carbocycles. The lowest BCUT2D eigenvalue weighted by Crippen LogP contribution is -2.33. The molecule has 25 heavy (non-hydrogen) atoms. The van der Waals surface area contributed by atoms with Crippen molar-refractivity contribution < 1.29 is 13.6 Å². The van der Waals surface area contributed by atoms with Crippen molar-refractivity contribution in [2.24, 2.45) is 5.16 Å². The average Bonchev–Trinajstić information content (AvgIpc) is 3.02. The SMILES string of the molecule is CC1(S(=O)(=O)c2cccc3[nH]c(CCCC=NO)nc23)C=CC=CC1. The number of aromatic amines is 1. The van der Waals surface area contributed by atoms with Gasteiger partial charge in [-0.05, 0) is 38.3 Å². The molecule has 0 saturated carbocycles. The van der Waals surface area contributed by atoms with Gasteiger partial charge in [-0.15, -0.1) is 5.16 Å². The zero-order chi connectivity index (χ0) is 17.9. The number of rotatable bonds is 6. The number of hydrogen-bond acceptors (Lipinski definition) is 5. The zero-order valence-electron chi connectivity index (χ0n) is 14.0. The van der Waals surface area contributed by atoms with Gasteiger partial charge in [-0.25, -0.2) is 13.4 Å². The number of nitrogens with one attached hydrogen (secondary N) is 1. The van der Waals surface area contributed by atoms with Gasteiger partial charge in [0, 0.05) is 12.6 Å². The van der Waals surface area contributed by atoms with Gasteiger partial charge in [0.15, 0.2) is 9.84 Å². The van der Waals surface area contributed by atoms with Crippen molar-refractivity contribution in [2.75, 3.05) is 0 Å². The Hall–Kier alpha value is -2.41. The van der Waals surface area contributed by atoms with Crippen LogP contribution in [-0.4, -0.2) is 34.6 Å². The third-order valence-corrected chi connectivity index (χ3v) is 6.91. The van der Waals surface area contributed by atoms with E-state index in [1.807, 2.05) is 18.2 Å². The second kappa shape index (κ2) is 6.84. The molecule has 3 rings (SSSR count). The van der Waals surface area contributed by atoms with Crippen molar-refractivity contribution in [3.63, 3.8) is 0 Å². The number of hydrogen-bond donors (Lipinski definition) is 2. The first-order chi connectivity index (χ1) is 12.0. The van der Waals surface area contributed by atoms with Crippen LogP contribution in [0.25, 0.3) is 11.0 Å². The van der Waals surface area contributed by atoms with Gasteiger partial charge < -0.3 is 10.2 Å². The number of aromatic nitrogens is 2. The van der Waals surface area contributed by atoms with Crippen molar-refractivity contribution in [2.45, 2.75) is 42.2 Å². The van der Waals surface area contributed by atoms with E-state index >= 15 is 0 Å². The molecule has 1 aromatic carbocycles. The van der Waals surface area contributed by atoms with Crippen LogP contribution in [0.4, 0.5) is 0 Å². The molecule has 0 spiro atoms. The second-order valence-electron chi connectivity index (χ2n) is 6.33. The van der Waals surface area contributed by atoms with E-state index in [1.165, 1.54) is 6.21 Å². The first-order valence-corrected chi connectivity index (χ1v) is 9.69. The minimum atomic E-state index is -3.58. The van der Waals surface area contributed by atoms with Gasteiger partial charge in [-0.2, -0.15) is 0 Å². The zero-order valence-corrected chi connectivity index (χ0v) is 14.8. The smallest absolute Gasteiger partial charge is 0.189 e. The van der Waals surface area contributed by atoms with Gasteiger partial charge in [0.25, 0.3) is 0 Å². The van der Waals surface area contributed by atoms with Crippen LogP contribution in [0.3, 0.4) is 0 Å². The van der Waals surface area contributed by atoms with E-state index in [-0.39, 0.29) is 4.90 Å². The average molecular weight is 359 g/mol. The number of allylic oxidation sites excluding steroid dienone is 3. The molecule has 1 aromatic heterocycles. The van der Waals surface area contributed by atoms with E-state index in [0.29, 0.717) is 30.3 Å². The maximum absolute atomic E-state index is 13.2. The summed E-state index contributed by atoms with van der Waals surface area (Å²) in [5, 5.41) is 11.4. The van der Waals surface area contributed by atoms with Gasteiger partial charge in [0.1, 0.15) is 11.3 Å². The Bertz CT molecular complexity index is 957. The Morgan fingerprint density at radius 3 is 2.96 bits per heavy atom. The number of unbranched alkanes of at least 4 members (excludes halogenated alkanes) is 1. The Morgan fingerprint density at radius 1 is 1.40 bits per heavy atom. The van der Waals surface area contributed by atoms with Crippen LogP contribution in [0.1, 0.15) is 32.0 Å². The largest absolute Gasteiger partial charge is 0.411 e. The molecule has 1 heterocycles. The number of nitrogens with zero attached hydrogens (tertiary/aromatic N) is 2. The molecular formula is C18H21N3O3S. The lowest BCUT2D eigenvalue weighted by atomic mass is 10.0. The fourth-order valence-electron chi connectivity index (χ4n) is 2.97. The summed E-state index contributed by atoms with van der Waals surface area (Å²) in [7, 11) is -3.58. The third-order valence-electron chi connectivity index (χ3n) is 4.48. The van der Waals surface area contributed by atoms with Crippen molar-refractivity contribution in [1.29, 1.82) is 0 Å². The number of imidazole rings is 1. The molecular weight excluding hydrogens is 338 g/mol. The predicted molar refractivity (Wildman–Crippen MR) is 97.8 cm³/mol. The van der Waals surface area contributed by atoms with Crippen LogP contribution in [0.2, 0.25) is 0 Å². The lowest BCUT2D eigenvalue weighted by molar-refractivity contribution is 0.320. The summed E-state index contributed by atoms with van der Waals surface area (Å²) in [5.74, 6) is 0.730. The topological polar surface area (TPSA) is 95.4 Å². The molecule has 0 radical (unpaired) electrons. The van der Waals surface area contributed by atoms with Crippen molar-refractivity contribution in [3.8, 4) is 0 Å². The molecule has 0 amide bonds. The third kappa shape index (κ3) is 3.24. The van der Waals surface area contributed by atoms with Gasteiger partial charge in [-0.3, -0.25) is 0 Å². The molecule has 7 heteroatoms. The molecule has 2 aromatic rings. The Balaban J connectivity index is 1.98. The number of aryl methyl sites for hydroxylation is 1. The van der Waals surface area contributed by atoms with Gasteiger partial charge >= 0.3 is 0 Å². The highest BCUT2D eigenvalue weighted by Gasteiger charge is 2.39. The van der Waals surface area contributed by atoms with Crippen molar-refractivity contribution >= 4 is 27.1 Å². The van der Waals surface area contributed by atoms with Crippen LogP contribution < -0.4 is 0 Å². The van der Waals surface area contributed by atoms with E-state index in [9.17, 15) is 8.42 Å². The molecule has 0 saturated heterocycles. The summed E-state index contributed by atoms with van der Waals surface area (Å²) in [6, 6.07) is 5.19. The number of fused-ring (bicyclic) bond motifs is 1. The summed E-state index contributed by atoms with van der Waals surface area (Å²) in [5.41, 5.74) is 1.20. The lowest BCUT2D eigenvalue weighted by Gasteiger charge is -2.26. The van der Waals surface area contributed by atoms with E-state index in [4.69, 9.17) is 5.21 Å². The summed E-state index contributed by atoms with van der Waals surface area (Å²) in [4.78, 5) is 7.96. The minimum absolute atomic E-state index is 0.256. The summed E-state index contributed by atoms with van der Waals surface area (Å²) in [6.45, 7) is 1.74. The maximum atomic E-state index is 13.2. The van der Waals surface area contributed by atoms with Crippen LogP contribution in [0, 0.1) is 0 Å². The van der Waals surface area contributed by atoms with Crippen molar-refractivity contribution in [1.82, 2.24) is 9.97 Å². The normalized spacial score (nSPS) is 20.7. The molecule has 0 fully saturated rings. The number of para-hydroxylation sites is 1. The van der Waals surface area contributed by atoms with Gasteiger partial charge in [0.05, 0.1) is 15.2 Å². The van der Waals surface area contributed by atoms with E-state index in [1.54, 1.807) is 31.2 Å². The standard InChI is InChI=1S/C18H21N3O3S/c1-18(11-4-2-5-12-18)25(23,24)15-9-7-8-14-17(15)21-16(20-14)10-3-6-13-19-22/h2,4-5,7-9,11,13,22H,3,6,10,12H2,1H3,(H,20,21). The fourth-order valence-corrected chi connectivity index (χ4v) is 4.71. The summed E-state index contributed by atoms with van der Waals surface area (Å²) in [6.07, 6.45) is 11.2. The van der Waals surface area contributed by atoms with E-state index in [0.717, 1.165) is 12.2 Å². The highest BCUT2D eigenvalue weighted by Crippen LogP contribution is 2.35. The first kappa shape index (κ1) is 17.4. The second-order valence-corrected chi connectivity index (χ2v) is 8.71. The van der Waals surface area contributed by atoms with E-state index < -0.39 is 14.6 Å². The molecule has 1 aliphatic rings. The van der Waals surface area contributed by atoms with E-state index in [2.05, 4.69) is 15.1 Å². The predicted octanol–water partition coefficient (Wildman–Crippen LogP) is 3.39. The molecule has 132 valence electrons. The van der Waals surface area contributed by atoms with Gasteiger partial charge in [0.2, 0.25) is 0 Å². The summed E-state index contributed by atoms with van der Waals surface area (Å²) >= 11 is 0. The number of sulfone groups is 1. The Kier molecular flexibility index (Phi) is 4.76. The minimum Gasteiger partial charge on any atom is -0.411 e. The first-order valence-electron chi connectivity index (χ1n) is 8.20. The summed E-state index contributed by atoms with van der Waals surface area (Å²) < 4.78 is 25.5.